The summed E-state index contributed by atoms with van der Waals surface area (Å²) in [5, 5.41) is 28.3. The minimum atomic E-state index is -1.18. The lowest BCUT2D eigenvalue weighted by molar-refractivity contribution is 0.0694. The fourth-order valence-corrected chi connectivity index (χ4v) is 2.80. The molecule has 1 aromatic carbocycles. The van der Waals surface area contributed by atoms with Crippen molar-refractivity contribution < 1.29 is 15.0 Å². The highest BCUT2D eigenvalue weighted by atomic mass is 16.4. The normalized spacial score (nSPS) is 10.6. The fraction of sp³-hybridized carbons (Fsp3) is 0.111. The van der Waals surface area contributed by atoms with Crippen LogP contribution in [-0.2, 0) is 6.42 Å². The number of aryl methyl sites for hydroxylation is 1. The Morgan fingerprint density at radius 1 is 1.30 bits per heavy atom. The second-order valence-corrected chi connectivity index (χ2v) is 5.20. The van der Waals surface area contributed by atoms with E-state index in [1.165, 1.54) is 12.1 Å². The number of rotatable bonds is 3. The summed E-state index contributed by atoms with van der Waals surface area (Å²) in [6.45, 7) is 2.02. The molecule has 0 saturated carbocycles. The first kappa shape index (κ1) is 14.7. The predicted molar refractivity (Wildman–Crippen MR) is 85.6 cm³/mol. The van der Waals surface area contributed by atoms with Crippen molar-refractivity contribution in [1.82, 2.24) is 4.40 Å². The van der Waals surface area contributed by atoms with Crippen molar-refractivity contribution in [1.29, 1.82) is 5.26 Å². The van der Waals surface area contributed by atoms with Gasteiger partial charge in [-0.3, -0.25) is 0 Å². The van der Waals surface area contributed by atoms with Crippen molar-refractivity contribution >= 4 is 11.5 Å². The first-order valence-corrected chi connectivity index (χ1v) is 7.16. The number of phenols is 1. The van der Waals surface area contributed by atoms with Crippen LogP contribution in [0.1, 0.15) is 28.4 Å². The third-order valence-corrected chi connectivity index (χ3v) is 3.90. The van der Waals surface area contributed by atoms with Crippen LogP contribution in [-0.4, -0.2) is 20.6 Å². The molecule has 5 heteroatoms. The third-order valence-electron chi connectivity index (χ3n) is 3.90. The van der Waals surface area contributed by atoms with Gasteiger partial charge in [0.1, 0.15) is 17.4 Å². The summed E-state index contributed by atoms with van der Waals surface area (Å²) in [6.07, 6.45) is 2.65. The van der Waals surface area contributed by atoms with Gasteiger partial charge in [-0.05, 0) is 36.2 Å². The van der Waals surface area contributed by atoms with Crippen molar-refractivity contribution in [3.05, 3.63) is 59.3 Å². The number of hydrogen-bond donors (Lipinski definition) is 2. The van der Waals surface area contributed by atoms with E-state index in [9.17, 15) is 15.2 Å². The van der Waals surface area contributed by atoms with E-state index < -0.39 is 5.97 Å². The average Bonchev–Trinajstić information content (AvgIpc) is 2.93. The maximum atomic E-state index is 11.0. The molecule has 0 radical (unpaired) electrons. The molecule has 0 spiro atoms. The lowest BCUT2D eigenvalue weighted by Gasteiger charge is -2.07. The van der Waals surface area contributed by atoms with E-state index in [0.29, 0.717) is 11.1 Å². The lowest BCUT2D eigenvalue weighted by Crippen LogP contribution is -1.97. The minimum Gasteiger partial charge on any atom is -0.507 e. The number of aromatic hydroxyl groups is 1. The Hall–Kier alpha value is -3.26. The second kappa shape index (κ2) is 5.50. The van der Waals surface area contributed by atoms with E-state index >= 15 is 0 Å². The Labute approximate surface area is 132 Å². The van der Waals surface area contributed by atoms with Gasteiger partial charge >= 0.3 is 5.97 Å². The van der Waals surface area contributed by atoms with Gasteiger partial charge in [0.05, 0.1) is 16.8 Å². The zero-order valence-electron chi connectivity index (χ0n) is 12.4. The molecule has 2 N–H and O–H groups in total. The molecule has 2 aromatic heterocycles. The van der Waals surface area contributed by atoms with Crippen LogP contribution in [0.25, 0.3) is 16.8 Å². The molecule has 0 fully saturated rings. The van der Waals surface area contributed by atoms with Crippen LogP contribution in [0.15, 0.2) is 42.6 Å². The number of pyridine rings is 1. The SMILES string of the molecule is CCc1cccn2c(-c3ccc(C(=O)O)c(O)c3)cc(C#N)c12. The van der Waals surface area contributed by atoms with Crippen molar-refractivity contribution in [3.8, 4) is 23.1 Å². The van der Waals surface area contributed by atoms with Crippen molar-refractivity contribution in [2.24, 2.45) is 0 Å². The molecule has 0 aliphatic carbocycles. The number of carbonyl (C=O) groups is 1. The Balaban J connectivity index is 2.28. The number of carboxylic acids is 1. The Morgan fingerprint density at radius 2 is 2.09 bits per heavy atom. The summed E-state index contributed by atoms with van der Waals surface area (Å²) in [5.74, 6) is -1.48. The van der Waals surface area contributed by atoms with E-state index in [4.69, 9.17) is 5.11 Å². The zero-order valence-corrected chi connectivity index (χ0v) is 12.4. The van der Waals surface area contributed by atoms with Crippen molar-refractivity contribution in [2.75, 3.05) is 0 Å². The standard InChI is InChI=1S/C18H14N2O3/c1-2-11-4-3-7-20-15(8-13(10-19)17(11)20)12-5-6-14(18(22)23)16(21)9-12/h3-9,21H,2H2,1H3,(H,22,23). The summed E-state index contributed by atoms with van der Waals surface area (Å²) in [5.41, 5.74) is 3.69. The molecule has 0 aliphatic rings. The summed E-state index contributed by atoms with van der Waals surface area (Å²) in [4.78, 5) is 11.0. The number of nitriles is 1. The van der Waals surface area contributed by atoms with Crippen LogP contribution in [0.3, 0.4) is 0 Å². The quantitative estimate of drug-likeness (QED) is 0.776. The monoisotopic (exact) mass is 306 g/mol. The third kappa shape index (κ3) is 2.30. The van der Waals surface area contributed by atoms with Gasteiger partial charge in [-0.2, -0.15) is 5.26 Å². The van der Waals surface area contributed by atoms with E-state index in [0.717, 1.165) is 23.2 Å². The number of nitrogens with zero attached hydrogens (tertiary/aromatic N) is 2. The maximum absolute atomic E-state index is 11.0. The van der Waals surface area contributed by atoms with Gasteiger partial charge in [0, 0.05) is 11.8 Å². The number of carboxylic acid groups (broad SMARTS) is 1. The molecule has 23 heavy (non-hydrogen) atoms. The van der Waals surface area contributed by atoms with Crippen molar-refractivity contribution in [2.45, 2.75) is 13.3 Å². The Kier molecular flexibility index (Phi) is 3.51. The smallest absolute Gasteiger partial charge is 0.339 e. The summed E-state index contributed by atoms with van der Waals surface area (Å²) in [6, 6.07) is 12.2. The number of fused-ring (bicyclic) bond motifs is 1. The first-order valence-electron chi connectivity index (χ1n) is 7.16. The topological polar surface area (TPSA) is 85.7 Å². The van der Waals surface area contributed by atoms with Gasteiger partial charge in [0.15, 0.2) is 0 Å². The van der Waals surface area contributed by atoms with E-state index in [1.54, 1.807) is 12.1 Å². The van der Waals surface area contributed by atoms with Crippen LogP contribution in [0, 0.1) is 11.3 Å². The molecule has 3 aromatic rings. The summed E-state index contributed by atoms with van der Waals surface area (Å²) in [7, 11) is 0. The van der Waals surface area contributed by atoms with Gasteiger partial charge in [-0.15, -0.1) is 0 Å². The number of benzene rings is 1. The molecule has 2 heterocycles. The first-order chi connectivity index (χ1) is 11.1. The van der Waals surface area contributed by atoms with Crippen LogP contribution < -0.4 is 0 Å². The molecule has 3 rings (SSSR count). The van der Waals surface area contributed by atoms with E-state index in [1.807, 2.05) is 29.7 Å². The summed E-state index contributed by atoms with van der Waals surface area (Å²) < 4.78 is 1.90. The highest BCUT2D eigenvalue weighted by Gasteiger charge is 2.15. The second-order valence-electron chi connectivity index (χ2n) is 5.20. The van der Waals surface area contributed by atoms with Gasteiger partial charge in [0.2, 0.25) is 0 Å². The van der Waals surface area contributed by atoms with Gasteiger partial charge in [-0.25, -0.2) is 4.79 Å². The fourth-order valence-electron chi connectivity index (χ4n) is 2.80. The van der Waals surface area contributed by atoms with E-state index in [-0.39, 0.29) is 11.3 Å². The Morgan fingerprint density at radius 3 is 2.70 bits per heavy atom. The molecule has 0 atom stereocenters. The van der Waals surface area contributed by atoms with Crippen LogP contribution in [0.2, 0.25) is 0 Å². The molecule has 0 saturated heterocycles. The Bertz CT molecular complexity index is 964. The molecule has 0 bridgehead atoms. The molecule has 114 valence electrons. The average molecular weight is 306 g/mol. The minimum absolute atomic E-state index is 0.149. The molecule has 5 nitrogen and oxygen atoms in total. The molecule has 0 amide bonds. The molecule has 0 aliphatic heterocycles. The molecule has 0 unspecified atom stereocenters. The van der Waals surface area contributed by atoms with Crippen molar-refractivity contribution in [3.63, 3.8) is 0 Å². The number of aromatic carboxylic acids is 1. The van der Waals surface area contributed by atoms with Gasteiger partial charge in [-0.1, -0.05) is 19.1 Å². The zero-order chi connectivity index (χ0) is 16.6. The summed E-state index contributed by atoms with van der Waals surface area (Å²) >= 11 is 0. The maximum Gasteiger partial charge on any atom is 0.339 e. The predicted octanol–water partition coefficient (Wildman–Crippen LogP) is 3.44. The van der Waals surface area contributed by atoms with Gasteiger partial charge < -0.3 is 14.6 Å². The van der Waals surface area contributed by atoms with Gasteiger partial charge in [0.25, 0.3) is 0 Å². The molecular formula is C18H14N2O3. The largest absolute Gasteiger partial charge is 0.507 e. The highest BCUT2D eigenvalue weighted by molar-refractivity contribution is 5.92. The van der Waals surface area contributed by atoms with Crippen LogP contribution in [0.5, 0.6) is 5.75 Å². The highest BCUT2D eigenvalue weighted by Crippen LogP contribution is 2.31. The molecular weight excluding hydrogens is 292 g/mol. The van der Waals surface area contributed by atoms with Crippen LogP contribution >= 0.6 is 0 Å². The number of aromatic nitrogens is 1. The number of hydrogen-bond acceptors (Lipinski definition) is 3. The van der Waals surface area contributed by atoms with E-state index in [2.05, 4.69) is 6.07 Å². The lowest BCUT2D eigenvalue weighted by atomic mass is 10.1. The van der Waals surface area contributed by atoms with Crippen LogP contribution in [0.4, 0.5) is 0 Å².